The monoisotopic (exact) mass is 390 g/mol. The third-order valence-electron chi connectivity index (χ3n) is 5.17. The highest BCUT2D eigenvalue weighted by Gasteiger charge is 2.14. The molecular weight excluding hydrogens is 367 g/mol. The second-order valence-electron chi connectivity index (χ2n) is 7.26. The molecule has 3 aromatic rings. The summed E-state index contributed by atoms with van der Waals surface area (Å²) >= 11 is 0. The lowest BCUT2D eigenvalue weighted by Crippen LogP contribution is -2.44. The van der Waals surface area contributed by atoms with E-state index in [9.17, 15) is 9.18 Å². The van der Waals surface area contributed by atoms with E-state index in [0.717, 1.165) is 48.7 Å². The normalized spacial score (nSPS) is 14.6. The maximum atomic E-state index is 13.1. The van der Waals surface area contributed by atoms with Crippen LogP contribution in [0.2, 0.25) is 0 Å². The summed E-state index contributed by atoms with van der Waals surface area (Å²) in [7, 11) is 2.13. The van der Waals surface area contributed by atoms with Crippen molar-refractivity contribution in [3.05, 3.63) is 78.4 Å². The number of amides is 1. The van der Waals surface area contributed by atoms with Crippen LogP contribution in [0, 0.1) is 5.82 Å². The van der Waals surface area contributed by atoms with Crippen molar-refractivity contribution in [2.75, 3.05) is 43.4 Å². The number of nitrogens with zero attached hydrogens (tertiary/aromatic N) is 3. The van der Waals surface area contributed by atoms with Crippen molar-refractivity contribution in [2.24, 2.45) is 0 Å². The number of pyridine rings is 1. The quantitative estimate of drug-likeness (QED) is 0.734. The number of halogens is 1. The van der Waals surface area contributed by atoms with Crippen molar-refractivity contribution in [1.82, 2.24) is 9.88 Å². The van der Waals surface area contributed by atoms with Gasteiger partial charge in [0.15, 0.2) is 0 Å². The summed E-state index contributed by atoms with van der Waals surface area (Å²) in [5.74, 6) is -0.524. The molecule has 5 nitrogen and oxygen atoms in total. The number of anilines is 2. The van der Waals surface area contributed by atoms with E-state index < -0.39 is 0 Å². The molecule has 6 heteroatoms. The molecule has 0 atom stereocenters. The Kier molecular flexibility index (Phi) is 5.53. The van der Waals surface area contributed by atoms with Gasteiger partial charge in [-0.15, -0.1) is 0 Å². The molecule has 148 valence electrons. The predicted octanol–water partition coefficient (Wildman–Crippen LogP) is 3.89. The van der Waals surface area contributed by atoms with Crippen LogP contribution in [-0.2, 0) is 0 Å². The lowest BCUT2D eigenvalue weighted by Gasteiger charge is -2.34. The van der Waals surface area contributed by atoms with Crippen LogP contribution >= 0.6 is 0 Å². The molecule has 1 N–H and O–H groups in total. The third-order valence-corrected chi connectivity index (χ3v) is 5.17. The van der Waals surface area contributed by atoms with Gasteiger partial charge in [-0.25, -0.2) is 4.39 Å². The molecule has 1 fully saturated rings. The number of carbonyl (C=O) groups is 1. The molecule has 1 aliphatic heterocycles. The third kappa shape index (κ3) is 4.60. The molecule has 0 bridgehead atoms. The first kappa shape index (κ1) is 19.1. The van der Waals surface area contributed by atoms with Crippen LogP contribution in [0.15, 0.2) is 67.0 Å². The second kappa shape index (κ2) is 8.41. The van der Waals surface area contributed by atoms with Gasteiger partial charge in [0.2, 0.25) is 0 Å². The lowest BCUT2D eigenvalue weighted by atomic mass is 10.1. The summed E-state index contributed by atoms with van der Waals surface area (Å²) in [4.78, 5) is 21.5. The van der Waals surface area contributed by atoms with Crippen molar-refractivity contribution < 1.29 is 9.18 Å². The highest BCUT2D eigenvalue weighted by molar-refractivity contribution is 6.04. The van der Waals surface area contributed by atoms with Gasteiger partial charge in [-0.05, 0) is 55.1 Å². The summed E-state index contributed by atoms with van der Waals surface area (Å²) in [6.45, 7) is 4.11. The molecule has 4 rings (SSSR count). The maximum Gasteiger partial charge on any atom is 0.257 e. The first-order valence-electron chi connectivity index (χ1n) is 9.64. The Hall–Kier alpha value is -3.25. The van der Waals surface area contributed by atoms with Crippen molar-refractivity contribution in [3.63, 3.8) is 0 Å². The number of piperazine rings is 1. The van der Waals surface area contributed by atoms with Gasteiger partial charge >= 0.3 is 0 Å². The van der Waals surface area contributed by atoms with Crippen LogP contribution in [0.4, 0.5) is 15.8 Å². The van der Waals surface area contributed by atoms with E-state index in [-0.39, 0.29) is 11.7 Å². The summed E-state index contributed by atoms with van der Waals surface area (Å²) in [5, 5.41) is 2.92. The van der Waals surface area contributed by atoms with Gasteiger partial charge in [-0.2, -0.15) is 0 Å². The van der Waals surface area contributed by atoms with Crippen LogP contribution < -0.4 is 10.2 Å². The fraction of sp³-hybridized carbons (Fsp3) is 0.217. The molecule has 1 saturated heterocycles. The molecule has 2 aromatic carbocycles. The number of aromatic nitrogens is 1. The lowest BCUT2D eigenvalue weighted by molar-refractivity contribution is 0.102. The number of likely N-dealkylation sites (N-methyl/N-ethyl adjacent to an activating group) is 1. The fourth-order valence-corrected chi connectivity index (χ4v) is 3.39. The standard InChI is InChI=1S/C23H23FN4O/c1-27-10-12-28(13-11-27)22-8-6-21(7-9-22)26-23(29)19-14-18(15-25-16-19)17-2-4-20(24)5-3-17/h2-9,14-16H,10-13H2,1H3,(H,26,29). The maximum absolute atomic E-state index is 13.1. The highest BCUT2D eigenvalue weighted by atomic mass is 19.1. The van der Waals surface area contributed by atoms with Crippen molar-refractivity contribution in [2.45, 2.75) is 0 Å². The predicted molar refractivity (Wildman–Crippen MR) is 114 cm³/mol. The van der Waals surface area contributed by atoms with Gasteiger partial charge in [0.05, 0.1) is 5.56 Å². The Balaban J connectivity index is 1.44. The zero-order chi connectivity index (χ0) is 20.2. The second-order valence-corrected chi connectivity index (χ2v) is 7.26. The Morgan fingerprint density at radius 1 is 0.931 bits per heavy atom. The smallest absolute Gasteiger partial charge is 0.257 e. The Morgan fingerprint density at radius 2 is 1.62 bits per heavy atom. The van der Waals surface area contributed by atoms with Gasteiger partial charge in [0.1, 0.15) is 5.82 Å². The van der Waals surface area contributed by atoms with Gasteiger partial charge in [0, 0.05) is 55.5 Å². The molecule has 1 aromatic heterocycles. The largest absolute Gasteiger partial charge is 0.369 e. The van der Waals surface area contributed by atoms with E-state index in [1.54, 1.807) is 24.4 Å². The molecule has 0 saturated carbocycles. The van der Waals surface area contributed by atoms with E-state index in [0.29, 0.717) is 5.56 Å². The Morgan fingerprint density at radius 3 is 2.31 bits per heavy atom. The van der Waals surface area contributed by atoms with Crippen LogP contribution in [0.5, 0.6) is 0 Å². The van der Waals surface area contributed by atoms with E-state index in [4.69, 9.17) is 0 Å². The van der Waals surface area contributed by atoms with Crippen LogP contribution in [0.25, 0.3) is 11.1 Å². The number of hydrogen-bond acceptors (Lipinski definition) is 4. The molecule has 0 spiro atoms. The molecule has 2 heterocycles. The highest BCUT2D eigenvalue weighted by Crippen LogP contribution is 2.22. The van der Waals surface area contributed by atoms with Crippen LogP contribution in [0.3, 0.4) is 0 Å². The number of benzene rings is 2. The molecular formula is C23H23FN4O. The summed E-state index contributed by atoms with van der Waals surface area (Å²) in [6.07, 6.45) is 3.19. The fourth-order valence-electron chi connectivity index (χ4n) is 3.39. The Labute approximate surface area is 169 Å². The van der Waals surface area contributed by atoms with E-state index >= 15 is 0 Å². The zero-order valence-electron chi connectivity index (χ0n) is 16.3. The number of rotatable bonds is 4. The van der Waals surface area contributed by atoms with Gasteiger partial charge in [-0.1, -0.05) is 12.1 Å². The van der Waals surface area contributed by atoms with E-state index in [1.807, 2.05) is 24.3 Å². The van der Waals surface area contributed by atoms with Crippen molar-refractivity contribution in [1.29, 1.82) is 0 Å². The average Bonchev–Trinajstić information content (AvgIpc) is 2.75. The molecule has 0 unspecified atom stereocenters. The topological polar surface area (TPSA) is 48.5 Å². The average molecular weight is 390 g/mol. The van der Waals surface area contributed by atoms with Gasteiger partial charge in [-0.3, -0.25) is 9.78 Å². The van der Waals surface area contributed by atoms with Crippen molar-refractivity contribution in [3.8, 4) is 11.1 Å². The minimum atomic E-state index is -0.296. The molecule has 1 aliphatic rings. The SMILES string of the molecule is CN1CCN(c2ccc(NC(=O)c3cncc(-c4ccc(F)cc4)c3)cc2)CC1. The van der Waals surface area contributed by atoms with Crippen LogP contribution in [-0.4, -0.2) is 49.0 Å². The molecule has 29 heavy (non-hydrogen) atoms. The van der Waals surface area contributed by atoms with Crippen LogP contribution in [0.1, 0.15) is 10.4 Å². The molecule has 0 aliphatic carbocycles. The Bertz CT molecular complexity index is 981. The molecule has 1 amide bonds. The first-order valence-corrected chi connectivity index (χ1v) is 9.64. The van der Waals surface area contributed by atoms with Gasteiger partial charge in [0.25, 0.3) is 5.91 Å². The van der Waals surface area contributed by atoms with E-state index in [2.05, 4.69) is 27.1 Å². The summed E-state index contributed by atoms with van der Waals surface area (Å²) in [6, 6.07) is 15.8. The number of nitrogens with one attached hydrogen (secondary N) is 1. The van der Waals surface area contributed by atoms with Crippen molar-refractivity contribution >= 4 is 17.3 Å². The van der Waals surface area contributed by atoms with E-state index in [1.165, 1.54) is 18.3 Å². The minimum Gasteiger partial charge on any atom is -0.369 e. The summed E-state index contributed by atoms with van der Waals surface area (Å²) < 4.78 is 13.1. The minimum absolute atomic E-state index is 0.228. The summed E-state index contributed by atoms with van der Waals surface area (Å²) in [5.41, 5.74) is 3.93. The zero-order valence-corrected chi connectivity index (χ0v) is 16.3. The first-order chi connectivity index (χ1) is 14.1. The van der Waals surface area contributed by atoms with Gasteiger partial charge < -0.3 is 15.1 Å². The number of hydrogen-bond donors (Lipinski definition) is 1. The number of carbonyl (C=O) groups excluding carboxylic acids is 1. The molecule has 0 radical (unpaired) electrons.